The second-order valence-corrected chi connectivity index (χ2v) is 5.67. The van der Waals surface area contributed by atoms with Crippen molar-refractivity contribution in [3.8, 4) is 0 Å². The number of fused-ring (bicyclic) bond motifs is 1. The Morgan fingerprint density at radius 2 is 1.82 bits per heavy atom. The summed E-state index contributed by atoms with van der Waals surface area (Å²) < 4.78 is 5.65. The zero-order valence-corrected chi connectivity index (χ0v) is 12.2. The minimum atomic E-state index is -0.488. The summed E-state index contributed by atoms with van der Waals surface area (Å²) in [7, 11) is 0. The molecule has 3 rings (SSSR count). The van der Waals surface area contributed by atoms with Crippen LogP contribution >= 0.6 is 0 Å². The molecular formula is C17H17NO4. The van der Waals surface area contributed by atoms with Crippen LogP contribution in [0.3, 0.4) is 0 Å². The van der Waals surface area contributed by atoms with Crippen molar-refractivity contribution in [3.63, 3.8) is 0 Å². The third-order valence-corrected chi connectivity index (χ3v) is 4.55. The first-order valence-corrected chi connectivity index (χ1v) is 7.42. The maximum Gasteiger partial charge on any atom is 0.338 e. The molecule has 1 aromatic rings. The van der Waals surface area contributed by atoms with Crippen molar-refractivity contribution in [1.82, 2.24) is 0 Å². The monoisotopic (exact) mass is 299 g/mol. The average Bonchev–Trinajstić information content (AvgIpc) is 2.53. The van der Waals surface area contributed by atoms with Gasteiger partial charge in [0.1, 0.15) is 6.10 Å². The van der Waals surface area contributed by atoms with Gasteiger partial charge in [-0.15, -0.1) is 0 Å². The van der Waals surface area contributed by atoms with Crippen molar-refractivity contribution in [2.24, 2.45) is 17.8 Å². The van der Waals surface area contributed by atoms with E-state index in [-0.39, 0.29) is 17.7 Å². The Morgan fingerprint density at radius 3 is 2.41 bits per heavy atom. The van der Waals surface area contributed by atoms with Gasteiger partial charge in [0.25, 0.3) is 5.69 Å². The highest BCUT2D eigenvalue weighted by Crippen LogP contribution is 2.48. The Hall–Kier alpha value is -2.43. The van der Waals surface area contributed by atoms with E-state index in [4.69, 9.17) is 4.74 Å². The van der Waals surface area contributed by atoms with Gasteiger partial charge in [0, 0.05) is 24.0 Å². The number of ether oxygens (including phenoxy) is 1. The Balaban J connectivity index is 1.70. The summed E-state index contributed by atoms with van der Waals surface area (Å²) in [6, 6.07) is 5.52. The first kappa shape index (κ1) is 14.5. The number of carbonyl (C=O) groups is 1. The first-order valence-electron chi connectivity index (χ1n) is 7.42. The maximum absolute atomic E-state index is 12.2. The second kappa shape index (κ2) is 5.75. The van der Waals surface area contributed by atoms with Gasteiger partial charge in [-0.3, -0.25) is 10.1 Å². The quantitative estimate of drug-likeness (QED) is 0.484. The van der Waals surface area contributed by atoms with E-state index in [0.29, 0.717) is 17.4 Å². The van der Waals surface area contributed by atoms with E-state index < -0.39 is 10.9 Å². The second-order valence-electron chi connectivity index (χ2n) is 5.67. The van der Waals surface area contributed by atoms with E-state index in [0.717, 1.165) is 6.42 Å². The number of allylic oxidation sites excluding steroid dienone is 3. The van der Waals surface area contributed by atoms with Gasteiger partial charge in [-0.05, 0) is 24.5 Å². The minimum Gasteiger partial charge on any atom is -0.458 e. The van der Waals surface area contributed by atoms with Crippen LogP contribution < -0.4 is 0 Å². The summed E-state index contributed by atoms with van der Waals surface area (Å²) in [6.45, 7) is 2.10. The summed E-state index contributed by atoms with van der Waals surface area (Å²) in [5.74, 6) is 0.620. The van der Waals surface area contributed by atoms with Crippen molar-refractivity contribution in [3.05, 3.63) is 64.2 Å². The zero-order chi connectivity index (χ0) is 15.7. The molecule has 2 aliphatic rings. The summed E-state index contributed by atoms with van der Waals surface area (Å²) in [6.07, 6.45) is 9.13. The third-order valence-electron chi connectivity index (χ3n) is 4.55. The van der Waals surface area contributed by atoms with Crippen molar-refractivity contribution < 1.29 is 14.5 Å². The smallest absolute Gasteiger partial charge is 0.338 e. The Morgan fingerprint density at radius 1 is 1.18 bits per heavy atom. The number of rotatable bonds is 4. The van der Waals surface area contributed by atoms with Gasteiger partial charge in [-0.1, -0.05) is 31.2 Å². The molecule has 1 saturated carbocycles. The van der Waals surface area contributed by atoms with Gasteiger partial charge in [-0.25, -0.2) is 4.79 Å². The molecule has 1 aromatic carbocycles. The zero-order valence-electron chi connectivity index (χ0n) is 12.2. The van der Waals surface area contributed by atoms with Crippen LogP contribution in [0, 0.1) is 27.9 Å². The molecular weight excluding hydrogens is 282 g/mol. The third kappa shape index (κ3) is 2.43. The highest BCUT2D eigenvalue weighted by Gasteiger charge is 2.49. The molecule has 0 N–H and O–H groups in total. The van der Waals surface area contributed by atoms with Gasteiger partial charge < -0.3 is 4.74 Å². The number of nitrogens with zero attached hydrogens (tertiary/aromatic N) is 1. The largest absolute Gasteiger partial charge is 0.458 e. The molecule has 5 nitrogen and oxygen atoms in total. The molecule has 5 heteroatoms. The Labute approximate surface area is 128 Å². The van der Waals surface area contributed by atoms with E-state index in [1.165, 1.54) is 24.3 Å². The first-order chi connectivity index (χ1) is 10.6. The van der Waals surface area contributed by atoms with Crippen LogP contribution in [0.4, 0.5) is 5.69 Å². The highest BCUT2D eigenvalue weighted by molar-refractivity contribution is 5.89. The number of carbonyl (C=O) groups excluding carboxylic acids is 1. The molecule has 0 aromatic heterocycles. The summed E-state index contributed by atoms with van der Waals surface area (Å²) in [5.41, 5.74) is 0.311. The van der Waals surface area contributed by atoms with Gasteiger partial charge in [0.2, 0.25) is 0 Å². The fourth-order valence-electron chi connectivity index (χ4n) is 3.34. The predicted molar refractivity (Wildman–Crippen MR) is 81.3 cm³/mol. The number of non-ortho nitro benzene ring substituents is 1. The molecule has 0 spiro atoms. The van der Waals surface area contributed by atoms with Crippen LogP contribution in [0.15, 0.2) is 48.6 Å². The van der Waals surface area contributed by atoms with Crippen LogP contribution in [0.25, 0.3) is 0 Å². The molecule has 0 radical (unpaired) electrons. The summed E-state index contributed by atoms with van der Waals surface area (Å²) in [5, 5.41) is 10.6. The van der Waals surface area contributed by atoms with Crippen molar-refractivity contribution in [2.45, 2.75) is 19.4 Å². The van der Waals surface area contributed by atoms with Gasteiger partial charge in [0.15, 0.2) is 0 Å². The molecule has 2 aliphatic carbocycles. The lowest BCUT2D eigenvalue weighted by atomic mass is 9.60. The molecule has 1 fully saturated rings. The van der Waals surface area contributed by atoms with E-state index in [1.807, 2.05) is 12.2 Å². The van der Waals surface area contributed by atoms with E-state index in [9.17, 15) is 14.9 Å². The standard InChI is InChI=1S/C17H17NO4/c1-2-13-14-5-3-4-6-15(14)16(13)22-17(19)11-7-9-12(10-8-11)18(20)21/h3-10,13-16H,2H2,1H3/t13-,14-,15+,16+/m1/s1. The highest BCUT2D eigenvalue weighted by atomic mass is 16.6. The van der Waals surface area contributed by atoms with Crippen molar-refractivity contribution in [2.75, 3.05) is 0 Å². The predicted octanol–water partition coefficient (Wildman–Crippen LogP) is 3.52. The van der Waals surface area contributed by atoms with Gasteiger partial charge >= 0.3 is 5.97 Å². The normalized spacial score (nSPS) is 28.6. The molecule has 0 heterocycles. The molecule has 4 atom stereocenters. The lowest BCUT2D eigenvalue weighted by Gasteiger charge is -2.49. The van der Waals surface area contributed by atoms with E-state index in [2.05, 4.69) is 19.1 Å². The van der Waals surface area contributed by atoms with Gasteiger partial charge in [-0.2, -0.15) is 0 Å². The molecule has 0 amide bonds. The number of benzene rings is 1. The molecule has 0 bridgehead atoms. The minimum absolute atomic E-state index is 0.0351. The fourth-order valence-corrected chi connectivity index (χ4v) is 3.34. The van der Waals surface area contributed by atoms with E-state index in [1.54, 1.807) is 0 Å². The van der Waals surface area contributed by atoms with Crippen molar-refractivity contribution in [1.29, 1.82) is 0 Å². The van der Waals surface area contributed by atoms with Crippen LogP contribution in [0.2, 0.25) is 0 Å². The van der Waals surface area contributed by atoms with Crippen molar-refractivity contribution >= 4 is 11.7 Å². The van der Waals surface area contributed by atoms with Crippen LogP contribution in [-0.4, -0.2) is 17.0 Å². The number of hydrogen-bond acceptors (Lipinski definition) is 4. The number of nitro benzene ring substituents is 1. The lowest BCUT2D eigenvalue weighted by Crippen LogP contribution is -2.52. The van der Waals surface area contributed by atoms with Crippen LogP contribution in [-0.2, 0) is 4.74 Å². The summed E-state index contributed by atoms with van der Waals surface area (Å²) >= 11 is 0. The fraction of sp³-hybridized carbons (Fsp3) is 0.353. The molecule has 0 aliphatic heterocycles. The number of hydrogen-bond donors (Lipinski definition) is 0. The number of esters is 1. The van der Waals surface area contributed by atoms with Crippen LogP contribution in [0.1, 0.15) is 23.7 Å². The maximum atomic E-state index is 12.2. The molecule has 114 valence electrons. The van der Waals surface area contributed by atoms with Crippen LogP contribution in [0.5, 0.6) is 0 Å². The topological polar surface area (TPSA) is 69.4 Å². The Bertz CT molecular complexity index is 647. The molecule has 0 unspecified atom stereocenters. The lowest BCUT2D eigenvalue weighted by molar-refractivity contribution is -0.384. The average molecular weight is 299 g/mol. The molecule has 0 saturated heterocycles. The van der Waals surface area contributed by atoms with E-state index >= 15 is 0 Å². The summed E-state index contributed by atoms with van der Waals surface area (Å²) in [4.78, 5) is 22.4. The Kier molecular flexibility index (Phi) is 3.79. The number of nitro groups is 1. The SMILES string of the molecule is CC[C@@H]1[C@H]2C=CC=C[C@@H]2[C@H]1OC(=O)c1ccc([N+](=O)[O-])cc1. The van der Waals surface area contributed by atoms with Gasteiger partial charge in [0.05, 0.1) is 10.5 Å². The molecule has 22 heavy (non-hydrogen) atoms.